The molecule has 0 aliphatic carbocycles. The Bertz CT molecular complexity index is 1630. The number of aromatic nitrogens is 4. The van der Waals surface area contributed by atoms with Crippen molar-refractivity contribution in [3.05, 3.63) is 82.4 Å². The third-order valence-corrected chi connectivity index (χ3v) is 7.17. The molecule has 0 fully saturated rings. The highest BCUT2D eigenvalue weighted by molar-refractivity contribution is 7.81. The van der Waals surface area contributed by atoms with Crippen LogP contribution in [0.1, 0.15) is 11.4 Å². The molecule has 0 amide bonds. The minimum Gasteiger partial charge on any atom is -0.726 e. The maximum absolute atomic E-state index is 9.22. The first-order valence-electron chi connectivity index (χ1n) is 11.6. The van der Waals surface area contributed by atoms with Gasteiger partial charge >= 0.3 is 0 Å². The molecule has 0 aliphatic heterocycles. The molecule has 0 N–H and O–H groups in total. The van der Waals surface area contributed by atoms with Gasteiger partial charge in [0.1, 0.15) is 11.4 Å². The van der Waals surface area contributed by atoms with Crippen LogP contribution in [0.4, 0.5) is 11.4 Å². The molecule has 0 saturated carbocycles. The lowest BCUT2D eigenvalue weighted by molar-refractivity contribution is -0.749. The summed E-state index contributed by atoms with van der Waals surface area (Å²) in [6, 6.07) is 19.8. The van der Waals surface area contributed by atoms with Crippen LogP contribution in [0.5, 0.6) is 0 Å². The number of hydrogen-bond donors (Lipinski definition) is 0. The Morgan fingerprint density at radius 2 is 0.929 bits per heavy atom. The largest absolute Gasteiger partial charge is 0.726 e. The van der Waals surface area contributed by atoms with E-state index in [2.05, 4.69) is 18.6 Å². The molecule has 2 heterocycles. The van der Waals surface area contributed by atoms with Crippen molar-refractivity contribution in [2.75, 3.05) is 14.2 Å². The molecule has 14 nitrogen and oxygen atoms in total. The van der Waals surface area contributed by atoms with Gasteiger partial charge in [-0.05, 0) is 24.3 Å². The second-order valence-electron chi connectivity index (χ2n) is 8.14. The van der Waals surface area contributed by atoms with Crippen LogP contribution in [-0.2, 0) is 43.3 Å². The molecular formula is C24H28Cl2N6O8S2. The molecule has 0 aliphatic rings. The van der Waals surface area contributed by atoms with Crippen LogP contribution >= 0.6 is 23.2 Å². The van der Waals surface area contributed by atoms with E-state index in [4.69, 9.17) is 23.2 Å². The van der Waals surface area contributed by atoms with E-state index >= 15 is 0 Å². The lowest BCUT2D eigenvalue weighted by Crippen LogP contribution is -2.40. The van der Waals surface area contributed by atoms with Crippen molar-refractivity contribution < 1.29 is 43.7 Å². The second-order valence-corrected chi connectivity index (χ2v) is 11.2. The zero-order valence-corrected chi connectivity index (χ0v) is 26.4. The number of nitrogens with zero attached hydrogens (tertiary/aromatic N) is 6. The van der Waals surface area contributed by atoms with Gasteiger partial charge in [0.2, 0.25) is 42.5 Å². The van der Waals surface area contributed by atoms with Crippen LogP contribution in [0.2, 0.25) is 10.3 Å². The average molecular weight is 664 g/mol. The van der Waals surface area contributed by atoms with E-state index in [1.165, 1.54) is 0 Å². The van der Waals surface area contributed by atoms with Crippen molar-refractivity contribution in [2.24, 2.45) is 24.3 Å². The van der Waals surface area contributed by atoms with E-state index in [1.807, 2.05) is 107 Å². The molecule has 0 bridgehead atoms. The maximum atomic E-state index is 9.22. The molecule has 18 heteroatoms. The first kappa shape index (κ1) is 35.0. The third kappa shape index (κ3) is 9.14. The molecule has 4 rings (SSSR count). The predicted molar refractivity (Wildman–Crippen MR) is 151 cm³/mol. The van der Waals surface area contributed by atoms with Crippen LogP contribution < -0.4 is 9.36 Å². The van der Waals surface area contributed by atoms with E-state index in [0.29, 0.717) is 21.7 Å². The first-order valence-corrected chi connectivity index (χ1v) is 15.1. The number of benzene rings is 2. The van der Waals surface area contributed by atoms with Crippen molar-refractivity contribution in [2.45, 2.75) is 13.8 Å². The van der Waals surface area contributed by atoms with Crippen LogP contribution in [0, 0.1) is 13.8 Å². The van der Waals surface area contributed by atoms with Gasteiger partial charge in [-0.25, -0.2) is 16.8 Å². The molecule has 42 heavy (non-hydrogen) atoms. The molecule has 0 radical (unpaired) electrons. The van der Waals surface area contributed by atoms with E-state index in [1.54, 1.807) is 0 Å². The minimum absolute atomic E-state index is 0.491. The Hall–Kier alpha value is -3.22. The lowest BCUT2D eigenvalue weighted by Gasteiger charge is -2.00. The van der Waals surface area contributed by atoms with Gasteiger partial charge in [0.25, 0.3) is 0 Å². The van der Waals surface area contributed by atoms with Gasteiger partial charge in [-0.15, -0.1) is 29.0 Å². The van der Waals surface area contributed by atoms with Gasteiger partial charge in [0.15, 0.2) is 25.5 Å². The highest BCUT2D eigenvalue weighted by Crippen LogP contribution is 2.34. The van der Waals surface area contributed by atoms with E-state index in [9.17, 15) is 25.9 Å². The monoisotopic (exact) mass is 662 g/mol. The fourth-order valence-corrected chi connectivity index (χ4v) is 4.18. The number of rotatable bonds is 6. The van der Waals surface area contributed by atoms with Crippen molar-refractivity contribution in [1.82, 2.24) is 9.36 Å². The summed E-state index contributed by atoms with van der Waals surface area (Å²) >= 11 is 13.4. The van der Waals surface area contributed by atoms with Crippen molar-refractivity contribution in [1.29, 1.82) is 0 Å². The van der Waals surface area contributed by atoms with Gasteiger partial charge in [0, 0.05) is 13.8 Å². The van der Waals surface area contributed by atoms with Gasteiger partial charge in [-0.1, -0.05) is 59.6 Å². The van der Waals surface area contributed by atoms with Gasteiger partial charge in [-0.3, -0.25) is 8.37 Å². The van der Waals surface area contributed by atoms with Crippen molar-refractivity contribution >= 4 is 55.4 Å². The number of para-hydroxylation sites is 2. The Labute approximate surface area is 253 Å². The molecular weight excluding hydrogens is 635 g/mol. The number of hydrogen-bond acceptors (Lipinski definition) is 10. The van der Waals surface area contributed by atoms with Gasteiger partial charge < -0.3 is 9.11 Å². The number of azo groups is 1. The summed E-state index contributed by atoms with van der Waals surface area (Å²) in [5.41, 5.74) is 4.90. The predicted octanol–water partition coefficient (Wildman–Crippen LogP) is 3.44. The lowest BCUT2D eigenvalue weighted by atomic mass is 10.3. The zero-order valence-electron chi connectivity index (χ0n) is 23.3. The third-order valence-electron chi connectivity index (χ3n) is 5.68. The van der Waals surface area contributed by atoms with Crippen LogP contribution in [0.3, 0.4) is 0 Å². The first-order chi connectivity index (χ1) is 19.5. The summed E-state index contributed by atoms with van der Waals surface area (Å²) < 4.78 is 69.7. The summed E-state index contributed by atoms with van der Waals surface area (Å²) in [4.78, 5) is 0. The van der Waals surface area contributed by atoms with Crippen molar-refractivity contribution in [3.8, 4) is 11.4 Å². The normalized spacial score (nSPS) is 11.6. The van der Waals surface area contributed by atoms with E-state index < -0.39 is 20.8 Å². The molecule has 2 aromatic carbocycles. The van der Waals surface area contributed by atoms with Crippen LogP contribution in [0.15, 0.2) is 70.9 Å². The van der Waals surface area contributed by atoms with E-state index in [0.717, 1.165) is 37.0 Å². The quantitative estimate of drug-likeness (QED) is 0.130. The fraction of sp³-hybridized carbons (Fsp3) is 0.250. The molecule has 2 aromatic heterocycles. The summed E-state index contributed by atoms with van der Waals surface area (Å²) in [5, 5.41) is 9.97. The second kappa shape index (κ2) is 14.8. The highest BCUT2D eigenvalue weighted by Gasteiger charge is 2.28. The topological polar surface area (TPSA) is 175 Å². The Morgan fingerprint density at radius 3 is 1.17 bits per heavy atom. The number of halogens is 2. The fourth-order valence-electron chi connectivity index (χ4n) is 3.41. The maximum Gasteiger partial charge on any atom is 0.234 e. The SMILES string of the molecule is COS(=O)(=O)[O-].COS(=O)(=O)[O-].Cc1c(N=Nc2c(Cl)n(-c3ccccc3)[n+](C)c2C)c(Cl)n(-c2ccccc2)[n+]1C. The van der Waals surface area contributed by atoms with Crippen LogP contribution in [0.25, 0.3) is 11.4 Å². The van der Waals surface area contributed by atoms with Gasteiger partial charge in [-0.2, -0.15) is 0 Å². The standard InChI is InChI=1S/C22H22Cl2N6.2CH4O4S/c1-15-19(21(23)29(27(15)3)17-11-7-5-8-12-17)25-26-20-16(2)28(4)30(22(20)24)18-13-9-6-10-14-18;2*1-5-6(2,3)4/h5-14H,1-4H3;2*1H3,(H,2,3,4)/q+2;;/p-2. The van der Waals surface area contributed by atoms with Crippen LogP contribution in [-0.4, -0.2) is 49.5 Å². The molecule has 0 saturated heterocycles. The van der Waals surface area contributed by atoms with Gasteiger partial charge in [0.05, 0.1) is 14.2 Å². The molecule has 228 valence electrons. The summed E-state index contributed by atoms with van der Waals surface area (Å²) in [7, 11) is -3.32. The van der Waals surface area contributed by atoms with E-state index in [-0.39, 0.29) is 0 Å². The molecule has 0 atom stereocenters. The molecule has 0 spiro atoms. The smallest absolute Gasteiger partial charge is 0.234 e. The highest BCUT2D eigenvalue weighted by atomic mass is 35.5. The minimum atomic E-state index is -4.41. The Balaban J connectivity index is 0.000000434. The summed E-state index contributed by atoms with van der Waals surface area (Å²) in [6.07, 6.45) is 0. The van der Waals surface area contributed by atoms with Crippen molar-refractivity contribution in [3.63, 3.8) is 0 Å². The average Bonchev–Trinajstić information content (AvgIpc) is 3.29. The summed E-state index contributed by atoms with van der Waals surface area (Å²) in [6.45, 7) is 3.92. The Kier molecular flexibility index (Phi) is 12.3. The summed E-state index contributed by atoms with van der Waals surface area (Å²) in [5.74, 6) is 0. The molecule has 4 aromatic rings. The zero-order chi connectivity index (χ0) is 31.8. The molecule has 0 unspecified atom stereocenters. The Morgan fingerprint density at radius 1 is 0.667 bits per heavy atom.